The fraction of sp³-hybridized carbons (Fsp3) is 0.750. The van der Waals surface area contributed by atoms with E-state index in [0.29, 0.717) is 5.92 Å². The molecule has 1 N–H and O–H groups in total. The van der Waals surface area contributed by atoms with E-state index in [2.05, 4.69) is 34.5 Å². The first-order valence-corrected chi connectivity index (χ1v) is 7.47. The van der Waals surface area contributed by atoms with Crippen LogP contribution in [0.25, 0.3) is 4.96 Å². The van der Waals surface area contributed by atoms with Gasteiger partial charge in [-0.05, 0) is 31.8 Å². The summed E-state index contributed by atoms with van der Waals surface area (Å²) in [7, 11) is 0. The molecule has 5 nitrogen and oxygen atoms in total. The lowest BCUT2D eigenvalue weighted by Gasteiger charge is -2.21. The molecule has 98 valence electrons. The number of hydrogen-bond donors (Lipinski definition) is 1. The highest BCUT2D eigenvalue weighted by molar-refractivity contribution is 7.16. The quantitative estimate of drug-likeness (QED) is 0.920. The third-order valence-electron chi connectivity index (χ3n) is 3.50. The second-order valence-corrected chi connectivity index (χ2v) is 6.34. The lowest BCUT2D eigenvalue weighted by Crippen LogP contribution is -2.28. The van der Waals surface area contributed by atoms with Crippen molar-refractivity contribution in [1.82, 2.24) is 25.1 Å². The number of piperidine rings is 1. The minimum Gasteiger partial charge on any atom is -0.317 e. The molecule has 1 aliphatic heterocycles. The van der Waals surface area contributed by atoms with Crippen LogP contribution in [0.3, 0.4) is 0 Å². The van der Waals surface area contributed by atoms with Gasteiger partial charge in [0.15, 0.2) is 5.82 Å². The third-order valence-corrected chi connectivity index (χ3v) is 4.42. The molecule has 0 spiro atoms. The van der Waals surface area contributed by atoms with Crippen LogP contribution >= 0.6 is 11.3 Å². The van der Waals surface area contributed by atoms with Gasteiger partial charge in [0.2, 0.25) is 4.96 Å². The number of nitrogens with zero attached hydrogens (tertiary/aromatic N) is 4. The Morgan fingerprint density at radius 3 is 2.83 bits per heavy atom. The van der Waals surface area contributed by atoms with Crippen LogP contribution in [0.1, 0.15) is 43.4 Å². The van der Waals surface area contributed by atoms with Gasteiger partial charge in [-0.25, -0.2) is 0 Å². The van der Waals surface area contributed by atoms with E-state index in [1.807, 2.05) is 4.52 Å². The second-order valence-electron chi connectivity index (χ2n) is 5.30. The van der Waals surface area contributed by atoms with Gasteiger partial charge in [-0.2, -0.15) is 9.61 Å². The maximum absolute atomic E-state index is 4.68. The van der Waals surface area contributed by atoms with Gasteiger partial charge in [0, 0.05) is 12.3 Å². The molecule has 18 heavy (non-hydrogen) atoms. The Morgan fingerprint density at radius 2 is 2.11 bits per heavy atom. The Morgan fingerprint density at radius 1 is 1.33 bits per heavy atom. The largest absolute Gasteiger partial charge is 0.317 e. The van der Waals surface area contributed by atoms with Gasteiger partial charge in [-0.3, -0.25) is 0 Å². The summed E-state index contributed by atoms with van der Waals surface area (Å²) < 4.78 is 1.92. The van der Waals surface area contributed by atoms with E-state index in [1.54, 1.807) is 11.3 Å². The Balaban J connectivity index is 1.80. The maximum Gasteiger partial charge on any atom is 0.234 e. The molecule has 0 unspecified atom stereocenters. The van der Waals surface area contributed by atoms with E-state index in [0.717, 1.165) is 36.2 Å². The van der Waals surface area contributed by atoms with Gasteiger partial charge in [-0.1, -0.05) is 25.2 Å². The number of fused-ring (bicyclic) bond motifs is 1. The zero-order valence-electron chi connectivity index (χ0n) is 10.9. The predicted octanol–water partition coefficient (Wildman–Crippen LogP) is 1.85. The minimum absolute atomic E-state index is 0.369. The van der Waals surface area contributed by atoms with Crippen molar-refractivity contribution < 1.29 is 0 Å². The topological polar surface area (TPSA) is 55.1 Å². The predicted molar refractivity (Wildman–Crippen MR) is 72.0 cm³/mol. The summed E-state index contributed by atoms with van der Waals surface area (Å²) in [6.07, 6.45) is 3.61. The van der Waals surface area contributed by atoms with Crippen molar-refractivity contribution in [2.45, 2.75) is 39.0 Å². The molecule has 3 rings (SSSR count). The highest BCUT2D eigenvalue weighted by Gasteiger charge is 2.18. The average molecular weight is 265 g/mol. The summed E-state index contributed by atoms with van der Waals surface area (Å²) in [6.45, 7) is 6.54. The average Bonchev–Trinajstić information content (AvgIpc) is 2.89. The van der Waals surface area contributed by atoms with Gasteiger partial charge in [0.05, 0.1) is 0 Å². The molecule has 0 radical (unpaired) electrons. The SMILES string of the molecule is CC(C)c1nnc2sc(CC3CCNCC3)nn12. The normalized spacial score (nSPS) is 17.9. The third kappa shape index (κ3) is 2.27. The van der Waals surface area contributed by atoms with Crippen molar-refractivity contribution in [3.63, 3.8) is 0 Å². The van der Waals surface area contributed by atoms with Crippen LogP contribution < -0.4 is 5.32 Å². The minimum atomic E-state index is 0.369. The molecule has 3 heterocycles. The van der Waals surface area contributed by atoms with Crippen LogP contribution in [0.2, 0.25) is 0 Å². The van der Waals surface area contributed by atoms with E-state index >= 15 is 0 Å². The Bertz CT molecular complexity index is 524. The summed E-state index contributed by atoms with van der Waals surface area (Å²) in [5, 5.41) is 17.7. The standard InChI is InChI=1S/C12H19N5S/c1-8(2)11-14-15-12-17(11)16-10(18-12)7-9-3-5-13-6-4-9/h8-9,13H,3-7H2,1-2H3. The van der Waals surface area contributed by atoms with E-state index in [4.69, 9.17) is 0 Å². The lowest BCUT2D eigenvalue weighted by atomic mass is 9.95. The molecule has 0 atom stereocenters. The molecule has 0 aliphatic carbocycles. The first kappa shape index (κ1) is 12.0. The number of nitrogens with one attached hydrogen (secondary N) is 1. The van der Waals surface area contributed by atoms with Crippen LogP contribution in [-0.4, -0.2) is 32.9 Å². The molecule has 0 bridgehead atoms. The zero-order valence-corrected chi connectivity index (χ0v) is 11.7. The molecular formula is C12H19N5S. The Hall–Kier alpha value is -1.01. The van der Waals surface area contributed by atoms with Crippen LogP contribution in [0.5, 0.6) is 0 Å². The van der Waals surface area contributed by atoms with Crippen LogP contribution in [0, 0.1) is 5.92 Å². The number of aromatic nitrogens is 4. The molecule has 0 saturated carbocycles. The van der Waals surface area contributed by atoms with Crippen molar-refractivity contribution in [3.8, 4) is 0 Å². The fourth-order valence-electron chi connectivity index (χ4n) is 2.45. The first-order valence-electron chi connectivity index (χ1n) is 6.66. The molecule has 2 aromatic heterocycles. The molecule has 6 heteroatoms. The van der Waals surface area contributed by atoms with Crippen molar-refractivity contribution in [2.24, 2.45) is 5.92 Å². The molecule has 1 fully saturated rings. The summed E-state index contributed by atoms with van der Waals surface area (Å²) in [4.78, 5) is 0.933. The van der Waals surface area contributed by atoms with E-state index in [-0.39, 0.29) is 0 Å². The van der Waals surface area contributed by atoms with Gasteiger partial charge >= 0.3 is 0 Å². The van der Waals surface area contributed by atoms with Gasteiger partial charge in [-0.15, -0.1) is 10.2 Å². The van der Waals surface area contributed by atoms with Gasteiger partial charge in [0.1, 0.15) is 5.01 Å². The molecular weight excluding hydrogens is 246 g/mol. The Kier molecular flexibility index (Phi) is 3.30. The summed E-state index contributed by atoms with van der Waals surface area (Å²) in [5.74, 6) is 2.12. The van der Waals surface area contributed by atoms with Crippen LogP contribution in [0.15, 0.2) is 0 Å². The van der Waals surface area contributed by atoms with E-state index in [1.165, 1.54) is 17.8 Å². The fourth-order valence-corrected chi connectivity index (χ4v) is 3.40. The van der Waals surface area contributed by atoms with Crippen LogP contribution in [0.4, 0.5) is 0 Å². The molecule has 1 aliphatic rings. The number of hydrogen-bond acceptors (Lipinski definition) is 5. The second kappa shape index (κ2) is 4.93. The first-order chi connectivity index (χ1) is 8.74. The molecule has 0 aromatic carbocycles. The van der Waals surface area contributed by atoms with E-state index in [9.17, 15) is 0 Å². The van der Waals surface area contributed by atoms with Gasteiger partial charge < -0.3 is 5.32 Å². The highest BCUT2D eigenvalue weighted by atomic mass is 32.1. The monoisotopic (exact) mass is 265 g/mol. The van der Waals surface area contributed by atoms with Crippen molar-refractivity contribution in [2.75, 3.05) is 13.1 Å². The summed E-state index contributed by atoms with van der Waals surface area (Å²) in [5.41, 5.74) is 0. The van der Waals surface area contributed by atoms with Crippen molar-refractivity contribution in [3.05, 3.63) is 10.8 Å². The summed E-state index contributed by atoms with van der Waals surface area (Å²) in [6, 6.07) is 0. The van der Waals surface area contributed by atoms with Crippen molar-refractivity contribution in [1.29, 1.82) is 0 Å². The zero-order chi connectivity index (χ0) is 12.5. The van der Waals surface area contributed by atoms with Crippen LogP contribution in [-0.2, 0) is 6.42 Å². The molecule has 2 aromatic rings. The van der Waals surface area contributed by atoms with E-state index < -0.39 is 0 Å². The smallest absolute Gasteiger partial charge is 0.234 e. The lowest BCUT2D eigenvalue weighted by molar-refractivity contribution is 0.371. The molecule has 0 amide bonds. The molecule has 1 saturated heterocycles. The Labute approximate surface area is 111 Å². The highest BCUT2D eigenvalue weighted by Crippen LogP contribution is 2.23. The van der Waals surface area contributed by atoms with Crippen molar-refractivity contribution >= 4 is 16.3 Å². The summed E-state index contributed by atoms with van der Waals surface area (Å²) >= 11 is 1.69. The maximum atomic E-state index is 4.68. The number of rotatable bonds is 3. The van der Waals surface area contributed by atoms with Gasteiger partial charge in [0.25, 0.3) is 0 Å².